The van der Waals surface area contributed by atoms with Crippen LogP contribution >= 0.6 is 24.0 Å². The molecule has 0 unspecified atom stereocenters. The fourth-order valence-electron chi connectivity index (χ4n) is 4.31. The Kier molecular flexibility index (Phi) is 6.47. The second-order valence-electron chi connectivity index (χ2n) is 8.72. The lowest BCUT2D eigenvalue weighted by atomic mass is 10.1. The van der Waals surface area contributed by atoms with Crippen molar-refractivity contribution >= 4 is 63.0 Å². The summed E-state index contributed by atoms with van der Waals surface area (Å²) < 4.78 is 0.405. The van der Waals surface area contributed by atoms with Gasteiger partial charge in [0.2, 0.25) is 5.91 Å². The number of thioether (sulfide) groups is 1. The molecule has 0 atom stereocenters. The summed E-state index contributed by atoms with van der Waals surface area (Å²) in [5.74, 6) is -0.994. The number of hydrogen-bond acceptors (Lipinski definition) is 5. The zero-order chi connectivity index (χ0) is 25.4. The quantitative estimate of drug-likeness (QED) is 0.382. The summed E-state index contributed by atoms with van der Waals surface area (Å²) in [5, 5.41) is 2.91. The molecule has 0 radical (unpaired) electrons. The molecule has 2 heterocycles. The van der Waals surface area contributed by atoms with E-state index in [9.17, 15) is 14.4 Å². The first-order chi connectivity index (χ1) is 17.3. The maximum absolute atomic E-state index is 13.6. The van der Waals surface area contributed by atoms with E-state index < -0.39 is 0 Å². The summed E-state index contributed by atoms with van der Waals surface area (Å²) in [4.78, 5) is 43.3. The van der Waals surface area contributed by atoms with Crippen LogP contribution in [-0.4, -0.2) is 33.5 Å². The Morgan fingerprint density at radius 2 is 1.64 bits per heavy atom. The molecule has 36 heavy (non-hydrogen) atoms. The average Bonchev–Trinajstić information content (AvgIpc) is 3.29. The Morgan fingerprint density at radius 3 is 2.42 bits per heavy atom. The van der Waals surface area contributed by atoms with E-state index in [4.69, 9.17) is 12.2 Å². The summed E-state index contributed by atoms with van der Waals surface area (Å²) in [6, 6.07) is 22.6. The van der Waals surface area contributed by atoms with Crippen LogP contribution in [-0.2, 0) is 20.9 Å². The Morgan fingerprint density at radius 1 is 0.917 bits per heavy atom. The topological polar surface area (TPSA) is 69.7 Å². The van der Waals surface area contributed by atoms with Crippen LogP contribution in [0, 0.1) is 13.8 Å². The zero-order valence-corrected chi connectivity index (χ0v) is 21.4. The number of nitrogens with zero attached hydrogens (tertiary/aromatic N) is 2. The van der Waals surface area contributed by atoms with Gasteiger partial charge in [0.25, 0.3) is 11.8 Å². The van der Waals surface area contributed by atoms with Crippen molar-refractivity contribution in [1.29, 1.82) is 0 Å². The number of thiocarbonyl (C=S) groups is 1. The molecule has 0 saturated carbocycles. The fraction of sp³-hybridized carbons (Fsp3) is 0.143. The predicted octanol–water partition coefficient (Wildman–Crippen LogP) is 5.06. The number of carbonyl (C=O) groups is 3. The second-order valence-corrected chi connectivity index (χ2v) is 10.4. The van der Waals surface area contributed by atoms with Gasteiger partial charge in [-0.05, 0) is 42.7 Å². The Bertz CT molecular complexity index is 1450. The Labute approximate surface area is 219 Å². The molecule has 3 amide bonds. The molecule has 0 aromatic heterocycles. The van der Waals surface area contributed by atoms with E-state index >= 15 is 0 Å². The molecule has 3 aromatic rings. The first-order valence-corrected chi connectivity index (χ1v) is 12.7. The maximum Gasteiger partial charge on any atom is 0.267 e. The lowest BCUT2D eigenvalue weighted by Crippen LogP contribution is -2.35. The normalized spacial score (nSPS) is 17.1. The number of anilines is 2. The summed E-state index contributed by atoms with van der Waals surface area (Å²) in [6.45, 7) is 4.04. The highest BCUT2D eigenvalue weighted by Crippen LogP contribution is 2.44. The van der Waals surface area contributed by atoms with Crippen molar-refractivity contribution < 1.29 is 14.4 Å². The SMILES string of the molecule is Cc1ccc(C)c(NC(=O)CN2C(=O)/C(=C3\SC(=S)N(Cc4ccccc4)C3=O)c3ccccc32)c1. The lowest BCUT2D eigenvalue weighted by Gasteiger charge is -2.17. The lowest BCUT2D eigenvalue weighted by molar-refractivity contribution is -0.122. The van der Waals surface area contributed by atoms with Gasteiger partial charge in [0.15, 0.2) is 0 Å². The molecule has 5 rings (SSSR count). The van der Waals surface area contributed by atoms with E-state index in [1.54, 1.807) is 12.1 Å². The van der Waals surface area contributed by atoms with Gasteiger partial charge in [-0.25, -0.2) is 0 Å². The first-order valence-electron chi connectivity index (χ1n) is 11.4. The minimum absolute atomic E-state index is 0.170. The van der Waals surface area contributed by atoms with Crippen LogP contribution in [0.4, 0.5) is 11.4 Å². The van der Waals surface area contributed by atoms with Crippen molar-refractivity contribution in [2.24, 2.45) is 0 Å². The van der Waals surface area contributed by atoms with E-state index in [-0.39, 0.29) is 29.8 Å². The van der Waals surface area contributed by atoms with Gasteiger partial charge in [-0.3, -0.25) is 24.2 Å². The highest BCUT2D eigenvalue weighted by atomic mass is 32.2. The monoisotopic (exact) mass is 513 g/mol. The molecular formula is C28H23N3O3S2. The Balaban J connectivity index is 1.44. The second kappa shape index (κ2) is 9.72. The van der Waals surface area contributed by atoms with Crippen LogP contribution in [0.2, 0.25) is 0 Å². The third kappa shape index (κ3) is 4.45. The third-order valence-electron chi connectivity index (χ3n) is 6.15. The van der Waals surface area contributed by atoms with Crippen LogP contribution in [0.25, 0.3) is 5.57 Å². The van der Waals surface area contributed by atoms with Gasteiger partial charge in [0.05, 0.1) is 22.7 Å². The van der Waals surface area contributed by atoms with Crippen molar-refractivity contribution in [3.05, 3.63) is 100.0 Å². The van der Waals surface area contributed by atoms with E-state index in [1.807, 2.05) is 74.5 Å². The molecule has 8 heteroatoms. The number of benzene rings is 3. The van der Waals surface area contributed by atoms with Crippen LogP contribution in [0.5, 0.6) is 0 Å². The molecule has 180 valence electrons. The van der Waals surface area contributed by atoms with E-state index in [1.165, 1.54) is 9.80 Å². The minimum atomic E-state index is -0.382. The molecule has 0 bridgehead atoms. The number of rotatable bonds is 5. The minimum Gasteiger partial charge on any atom is -0.324 e. The number of nitrogens with one attached hydrogen (secondary N) is 1. The van der Waals surface area contributed by atoms with Crippen molar-refractivity contribution in [2.45, 2.75) is 20.4 Å². The molecule has 1 saturated heterocycles. The molecule has 2 aliphatic rings. The van der Waals surface area contributed by atoms with Crippen LogP contribution in [0.1, 0.15) is 22.3 Å². The van der Waals surface area contributed by atoms with Gasteiger partial charge < -0.3 is 5.32 Å². The molecule has 6 nitrogen and oxygen atoms in total. The molecule has 0 aliphatic carbocycles. The number of carbonyl (C=O) groups excluding carboxylic acids is 3. The molecule has 0 spiro atoms. The van der Waals surface area contributed by atoms with Crippen LogP contribution < -0.4 is 10.2 Å². The average molecular weight is 514 g/mol. The molecule has 1 fully saturated rings. The zero-order valence-electron chi connectivity index (χ0n) is 19.8. The largest absolute Gasteiger partial charge is 0.324 e. The third-order valence-corrected chi connectivity index (χ3v) is 7.60. The number of hydrogen-bond donors (Lipinski definition) is 1. The van der Waals surface area contributed by atoms with Crippen LogP contribution in [0.3, 0.4) is 0 Å². The summed E-state index contributed by atoms with van der Waals surface area (Å²) >= 11 is 6.64. The number of fused-ring (bicyclic) bond motifs is 1. The van der Waals surface area contributed by atoms with E-state index in [2.05, 4.69) is 5.32 Å². The highest BCUT2D eigenvalue weighted by molar-refractivity contribution is 8.26. The molecule has 1 N–H and O–H groups in total. The number of amides is 3. The summed E-state index contributed by atoms with van der Waals surface area (Å²) in [5.41, 5.74) is 5.13. The number of para-hydroxylation sites is 1. The molecule has 3 aromatic carbocycles. The molecule has 2 aliphatic heterocycles. The maximum atomic E-state index is 13.6. The Hall–Kier alpha value is -3.75. The van der Waals surface area contributed by atoms with Crippen molar-refractivity contribution in [1.82, 2.24) is 4.90 Å². The predicted molar refractivity (Wildman–Crippen MR) is 147 cm³/mol. The van der Waals surface area contributed by atoms with Gasteiger partial charge in [0, 0.05) is 11.3 Å². The van der Waals surface area contributed by atoms with Gasteiger partial charge >= 0.3 is 0 Å². The van der Waals surface area contributed by atoms with E-state index in [0.717, 1.165) is 28.5 Å². The van der Waals surface area contributed by atoms with Crippen molar-refractivity contribution in [2.75, 3.05) is 16.8 Å². The van der Waals surface area contributed by atoms with Crippen molar-refractivity contribution in [3.8, 4) is 0 Å². The standard InChI is InChI=1S/C28H23N3O3S2/c1-17-12-13-18(2)21(14-17)29-23(32)16-30-22-11-7-6-10-20(22)24(26(30)33)25-27(34)31(28(35)36-25)15-19-8-4-3-5-9-19/h3-14H,15-16H2,1-2H3,(H,29,32)/b25-24-. The van der Waals surface area contributed by atoms with Crippen LogP contribution in [0.15, 0.2) is 77.7 Å². The van der Waals surface area contributed by atoms with E-state index in [0.29, 0.717) is 32.7 Å². The number of aryl methyl sites for hydroxylation is 2. The summed E-state index contributed by atoms with van der Waals surface area (Å²) in [7, 11) is 0. The first kappa shape index (κ1) is 24.0. The van der Waals surface area contributed by atoms with Crippen molar-refractivity contribution in [3.63, 3.8) is 0 Å². The summed E-state index contributed by atoms with van der Waals surface area (Å²) in [6.07, 6.45) is 0. The van der Waals surface area contributed by atoms with Gasteiger partial charge in [-0.2, -0.15) is 0 Å². The van der Waals surface area contributed by atoms with Gasteiger partial charge in [-0.15, -0.1) is 0 Å². The fourth-order valence-corrected chi connectivity index (χ4v) is 5.64. The molecular weight excluding hydrogens is 490 g/mol. The highest BCUT2D eigenvalue weighted by Gasteiger charge is 2.42. The van der Waals surface area contributed by atoms with Gasteiger partial charge in [0.1, 0.15) is 10.9 Å². The van der Waals surface area contributed by atoms with Gasteiger partial charge in [-0.1, -0.05) is 84.6 Å². The smallest absolute Gasteiger partial charge is 0.267 e.